The van der Waals surface area contributed by atoms with Gasteiger partial charge in [0, 0.05) is 44.2 Å². The molecule has 0 aliphatic carbocycles. The summed E-state index contributed by atoms with van der Waals surface area (Å²) in [6.07, 6.45) is 3.72. The fourth-order valence-electron chi connectivity index (χ4n) is 5.24. The molecule has 0 amide bonds. The van der Waals surface area contributed by atoms with Crippen LogP contribution in [0.5, 0.6) is 0 Å². The number of hydrogen-bond acceptors (Lipinski definition) is 5. The molecule has 0 saturated carbocycles. The molecule has 0 aliphatic heterocycles. The third kappa shape index (κ3) is 3.05. The molecular formula is C31H16ClN3OS. The van der Waals surface area contributed by atoms with Gasteiger partial charge in [-0.2, -0.15) is 0 Å². The highest BCUT2D eigenvalue weighted by Crippen LogP contribution is 2.43. The van der Waals surface area contributed by atoms with Crippen molar-refractivity contribution in [2.75, 3.05) is 0 Å². The van der Waals surface area contributed by atoms with Gasteiger partial charge in [0.15, 0.2) is 5.15 Å². The van der Waals surface area contributed by atoms with Crippen molar-refractivity contribution < 1.29 is 4.42 Å². The Morgan fingerprint density at radius 1 is 0.703 bits per heavy atom. The maximum atomic E-state index is 6.85. The van der Waals surface area contributed by atoms with E-state index in [4.69, 9.17) is 26.0 Å². The van der Waals surface area contributed by atoms with Crippen LogP contribution in [0.4, 0.5) is 0 Å². The number of halogens is 1. The van der Waals surface area contributed by atoms with Gasteiger partial charge in [0.05, 0.1) is 4.70 Å². The first-order chi connectivity index (χ1) is 18.3. The van der Waals surface area contributed by atoms with Crippen molar-refractivity contribution in [2.45, 2.75) is 0 Å². The molecule has 8 aromatic rings. The Morgan fingerprint density at radius 2 is 1.51 bits per heavy atom. The van der Waals surface area contributed by atoms with Gasteiger partial charge in [-0.1, -0.05) is 84.4 Å². The standard InChI is InChI=1S/C31H16ClN3OS/c32-30-26(22-12-6-11-21-19-13-14-33-16-25(19)37-29(21)22)35-31-27(34-30)24-15-23(17-7-2-1-3-8-17)18-9-4-5-10-20(18)28(24)36-31/h1-16H. The number of furan rings is 1. The number of rotatable bonds is 2. The molecule has 4 aromatic heterocycles. The van der Waals surface area contributed by atoms with E-state index in [1.165, 1.54) is 5.39 Å². The fraction of sp³-hybridized carbons (Fsp3) is 0. The molecule has 8 rings (SSSR count). The number of benzene rings is 4. The van der Waals surface area contributed by atoms with E-state index in [0.717, 1.165) is 53.2 Å². The number of fused-ring (bicyclic) bond motifs is 8. The first-order valence-electron chi connectivity index (χ1n) is 11.9. The van der Waals surface area contributed by atoms with Gasteiger partial charge < -0.3 is 4.42 Å². The predicted octanol–water partition coefficient (Wildman–Crippen LogP) is 9.28. The molecule has 0 spiro atoms. The molecule has 0 unspecified atom stereocenters. The van der Waals surface area contributed by atoms with E-state index >= 15 is 0 Å². The van der Waals surface area contributed by atoms with Crippen molar-refractivity contribution in [2.24, 2.45) is 0 Å². The first-order valence-corrected chi connectivity index (χ1v) is 13.1. The van der Waals surface area contributed by atoms with E-state index in [2.05, 4.69) is 59.6 Å². The summed E-state index contributed by atoms with van der Waals surface area (Å²) in [5.41, 5.74) is 5.72. The lowest BCUT2D eigenvalue weighted by Gasteiger charge is -2.08. The van der Waals surface area contributed by atoms with Crippen molar-refractivity contribution in [3.8, 4) is 22.4 Å². The van der Waals surface area contributed by atoms with Crippen molar-refractivity contribution >= 4 is 76.1 Å². The molecule has 0 fully saturated rings. The molecule has 37 heavy (non-hydrogen) atoms. The lowest BCUT2D eigenvalue weighted by molar-refractivity contribution is 0.657. The van der Waals surface area contributed by atoms with Crippen LogP contribution in [0.2, 0.25) is 5.15 Å². The van der Waals surface area contributed by atoms with Crippen molar-refractivity contribution in [3.63, 3.8) is 0 Å². The van der Waals surface area contributed by atoms with Gasteiger partial charge >= 0.3 is 0 Å². The number of pyridine rings is 1. The molecule has 0 atom stereocenters. The summed E-state index contributed by atoms with van der Waals surface area (Å²) in [5.74, 6) is 0. The Hall–Kier alpha value is -4.32. The summed E-state index contributed by atoms with van der Waals surface area (Å²) in [4.78, 5) is 14.1. The minimum absolute atomic E-state index is 0.354. The largest absolute Gasteiger partial charge is 0.436 e. The van der Waals surface area contributed by atoms with Crippen LogP contribution in [0.25, 0.3) is 75.5 Å². The van der Waals surface area contributed by atoms with Crippen LogP contribution in [0.3, 0.4) is 0 Å². The Kier molecular flexibility index (Phi) is 4.41. The summed E-state index contributed by atoms with van der Waals surface area (Å²) >= 11 is 8.53. The van der Waals surface area contributed by atoms with Gasteiger partial charge in [0.2, 0.25) is 5.71 Å². The third-order valence-electron chi connectivity index (χ3n) is 6.91. The zero-order chi connectivity index (χ0) is 24.5. The van der Waals surface area contributed by atoms with E-state index in [0.29, 0.717) is 22.1 Å². The van der Waals surface area contributed by atoms with Crippen LogP contribution >= 0.6 is 22.9 Å². The molecule has 0 saturated heterocycles. The van der Waals surface area contributed by atoms with Crippen molar-refractivity contribution in [3.05, 3.63) is 102 Å². The Bertz CT molecular complexity index is 2170. The third-order valence-corrected chi connectivity index (χ3v) is 8.36. The molecule has 4 heterocycles. The van der Waals surface area contributed by atoms with Gasteiger partial charge in [-0.05, 0) is 28.6 Å². The van der Waals surface area contributed by atoms with E-state index in [1.807, 2.05) is 42.7 Å². The van der Waals surface area contributed by atoms with Crippen LogP contribution in [-0.2, 0) is 0 Å². The highest BCUT2D eigenvalue weighted by atomic mass is 35.5. The maximum Gasteiger partial charge on any atom is 0.247 e. The Labute approximate surface area is 219 Å². The number of nitrogens with zero attached hydrogens (tertiary/aromatic N) is 3. The second-order valence-electron chi connectivity index (χ2n) is 8.99. The topological polar surface area (TPSA) is 51.8 Å². The van der Waals surface area contributed by atoms with E-state index < -0.39 is 0 Å². The zero-order valence-corrected chi connectivity index (χ0v) is 20.8. The van der Waals surface area contributed by atoms with Crippen LogP contribution in [0, 0.1) is 0 Å². The van der Waals surface area contributed by atoms with Crippen LogP contribution < -0.4 is 0 Å². The molecule has 4 nitrogen and oxygen atoms in total. The van der Waals surface area contributed by atoms with Crippen LogP contribution in [-0.4, -0.2) is 15.0 Å². The van der Waals surface area contributed by atoms with Crippen molar-refractivity contribution in [1.82, 2.24) is 15.0 Å². The summed E-state index contributed by atoms with van der Waals surface area (Å²) < 4.78 is 8.64. The Morgan fingerprint density at radius 3 is 2.41 bits per heavy atom. The highest BCUT2D eigenvalue weighted by molar-refractivity contribution is 7.26. The molecule has 4 aromatic carbocycles. The number of aromatic nitrogens is 3. The summed E-state index contributed by atoms with van der Waals surface area (Å²) in [7, 11) is 0. The van der Waals surface area contributed by atoms with E-state index in [9.17, 15) is 0 Å². The van der Waals surface area contributed by atoms with E-state index in [-0.39, 0.29) is 0 Å². The molecule has 0 N–H and O–H groups in total. The average Bonchev–Trinajstić information content (AvgIpc) is 3.51. The van der Waals surface area contributed by atoms with Gasteiger partial charge in [0.25, 0.3) is 0 Å². The smallest absolute Gasteiger partial charge is 0.247 e. The minimum Gasteiger partial charge on any atom is -0.436 e. The molecule has 0 radical (unpaired) electrons. The summed E-state index contributed by atoms with van der Waals surface area (Å²) in [5, 5.41) is 5.73. The van der Waals surface area contributed by atoms with Gasteiger partial charge in [-0.15, -0.1) is 11.3 Å². The van der Waals surface area contributed by atoms with Crippen LogP contribution in [0.15, 0.2) is 102 Å². The van der Waals surface area contributed by atoms with Gasteiger partial charge in [0.1, 0.15) is 16.8 Å². The normalized spacial score (nSPS) is 11.9. The molecule has 6 heteroatoms. The highest BCUT2D eigenvalue weighted by Gasteiger charge is 2.21. The second-order valence-corrected chi connectivity index (χ2v) is 10.4. The SMILES string of the molecule is Clc1nc2c(nc1-c1cccc3c1sc1cnccc13)oc1c3ccccc3c(-c3ccccc3)cc21. The molecule has 0 bridgehead atoms. The summed E-state index contributed by atoms with van der Waals surface area (Å²) in [6, 6.07) is 29.0. The minimum atomic E-state index is 0.354. The lowest BCUT2D eigenvalue weighted by Crippen LogP contribution is -1.90. The fourth-order valence-corrected chi connectivity index (χ4v) is 6.66. The number of hydrogen-bond donors (Lipinski definition) is 0. The van der Waals surface area contributed by atoms with E-state index in [1.54, 1.807) is 11.3 Å². The second kappa shape index (κ2) is 7.84. The predicted molar refractivity (Wildman–Crippen MR) is 153 cm³/mol. The molecular weight excluding hydrogens is 498 g/mol. The van der Waals surface area contributed by atoms with Crippen LogP contribution in [0.1, 0.15) is 0 Å². The lowest BCUT2D eigenvalue weighted by atomic mass is 9.96. The van der Waals surface area contributed by atoms with Crippen molar-refractivity contribution in [1.29, 1.82) is 0 Å². The first kappa shape index (κ1) is 20.8. The molecule has 0 aliphatic rings. The quantitative estimate of drug-likeness (QED) is 0.231. The molecule has 174 valence electrons. The average molecular weight is 514 g/mol. The monoisotopic (exact) mass is 513 g/mol. The zero-order valence-electron chi connectivity index (χ0n) is 19.3. The van der Waals surface area contributed by atoms with Gasteiger partial charge in [-0.3, -0.25) is 4.98 Å². The summed E-state index contributed by atoms with van der Waals surface area (Å²) in [6.45, 7) is 0. The van der Waals surface area contributed by atoms with Gasteiger partial charge in [-0.25, -0.2) is 9.97 Å². The Balaban J connectivity index is 1.43. The maximum absolute atomic E-state index is 6.85. The number of thiophene rings is 1.